The van der Waals surface area contributed by atoms with Crippen LogP contribution in [0.15, 0.2) is 66.3 Å². The third-order valence-electron chi connectivity index (χ3n) is 4.43. The highest BCUT2D eigenvalue weighted by Gasteiger charge is 2.30. The zero-order chi connectivity index (χ0) is 23.1. The number of nitrogens with one attached hydrogen (secondary N) is 1. The summed E-state index contributed by atoms with van der Waals surface area (Å²) < 4.78 is 45.8. The van der Waals surface area contributed by atoms with Crippen LogP contribution in [0.4, 0.5) is 18.9 Å². The van der Waals surface area contributed by atoms with Gasteiger partial charge in [0.25, 0.3) is 0 Å². The fourth-order valence-corrected chi connectivity index (χ4v) is 3.68. The first-order chi connectivity index (χ1) is 15.3. The maximum Gasteiger partial charge on any atom is 0.416 e. The Morgan fingerprint density at radius 1 is 1.22 bits per heavy atom. The van der Waals surface area contributed by atoms with Crippen molar-refractivity contribution >= 4 is 23.4 Å². The summed E-state index contributed by atoms with van der Waals surface area (Å²) in [6, 6.07) is 12.0. The molecule has 10 heteroatoms. The van der Waals surface area contributed by atoms with Gasteiger partial charge in [-0.25, -0.2) is 0 Å². The molecule has 0 saturated carbocycles. The van der Waals surface area contributed by atoms with Crippen LogP contribution >= 0.6 is 11.8 Å². The molecule has 0 saturated heterocycles. The van der Waals surface area contributed by atoms with Crippen LogP contribution in [0.5, 0.6) is 5.75 Å². The van der Waals surface area contributed by atoms with Gasteiger partial charge < -0.3 is 14.6 Å². The van der Waals surface area contributed by atoms with Crippen LogP contribution in [-0.2, 0) is 23.9 Å². The molecule has 1 amide bonds. The third kappa shape index (κ3) is 6.13. The molecular weight excluding hydrogens is 441 g/mol. The van der Waals surface area contributed by atoms with Crippen molar-refractivity contribution in [2.75, 3.05) is 18.2 Å². The minimum absolute atomic E-state index is 0.0882. The van der Waals surface area contributed by atoms with Crippen molar-refractivity contribution in [2.24, 2.45) is 0 Å². The molecule has 0 aliphatic heterocycles. The smallest absolute Gasteiger partial charge is 0.416 e. The summed E-state index contributed by atoms with van der Waals surface area (Å²) in [6.45, 7) is 4.08. The van der Waals surface area contributed by atoms with Gasteiger partial charge in [0.1, 0.15) is 11.6 Å². The van der Waals surface area contributed by atoms with E-state index in [1.54, 1.807) is 48.1 Å². The lowest BCUT2D eigenvalue weighted by molar-refractivity contribution is -0.137. The molecule has 0 spiro atoms. The van der Waals surface area contributed by atoms with E-state index < -0.39 is 11.7 Å². The number of nitrogens with zero attached hydrogens (tertiary/aromatic N) is 3. The highest BCUT2D eigenvalue weighted by molar-refractivity contribution is 7.99. The van der Waals surface area contributed by atoms with E-state index in [0.717, 1.165) is 12.1 Å². The highest BCUT2D eigenvalue weighted by atomic mass is 32.2. The molecule has 1 aromatic heterocycles. The quantitative estimate of drug-likeness (QED) is 0.365. The highest BCUT2D eigenvalue weighted by Crippen LogP contribution is 2.30. The van der Waals surface area contributed by atoms with Gasteiger partial charge in [-0.1, -0.05) is 36.0 Å². The minimum Gasteiger partial charge on any atom is -0.497 e. The third-order valence-corrected chi connectivity index (χ3v) is 5.39. The molecule has 6 nitrogen and oxygen atoms in total. The maximum absolute atomic E-state index is 13.0. The lowest BCUT2D eigenvalue weighted by Crippen LogP contribution is -2.14. The van der Waals surface area contributed by atoms with E-state index in [1.807, 2.05) is 0 Å². The van der Waals surface area contributed by atoms with Crippen LogP contribution in [0.3, 0.4) is 0 Å². The Kier molecular flexibility index (Phi) is 7.57. The molecule has 0 radical (unpaired) electrons. The molecule has 0 bridgehead atoms. The van der Waals surface area contributed by atoms with Crippen LogP contribution in [-0.4, -0.2) is 33.5 Å². The number of carbonyl (C=O) groups excluding carboxylic acids is 1. The molecule has 3 aromatic rings. The minimum atomic E-state index is -4.41. The number of benzene rings is 2. The molecule has 0 unspecified atom stereocenters. The normalized spacial score (nSPS) is 11.2. The summed E-state index contributed by atoms with van der Waals surface area (Å²) in [7, 11) is 1.56. The Bertz CT molecular complexity index is 1080. The van der Waals surface area contributed by atoms with Crippen molar-refractivity contribution in [3.05, 3.63) is 78.1 Å². The van der Waals surface area contributed by atoms with Crippen molar-refractivity contribution in [3.8, 4) is 5.75 Å². The fraction of sp³-hybridized carbons (Fsp3) is 0.227. The summed E-state index contributed by atoms with van der Waals surface area (Å²) >= 11 is 1.19. The SMILES string of the molecule is C=CCn1c(Cc2cccc(C(F)(F)F)c2)nnc1SCC(=O)Nc1ccc(OC)cc1. The first kappa shape index (κ1) is 23.4. The van der Waals surface area contributed by atoms with Crippen molar-refractivity contribution in [1.82, 2.24) is 14.8 Å². The second-order valence-electron chi connectivity index (χ2n) is 6.74. The topological polar surface area (TPSA) is 69.0 Å². The van der Waals surface area contributed by atoms with E-state index >= 15 is 0 Å². The van der Waals surface area contributed by atoms with Crippen molar-refractivity contribution in [3.63, 3.8) is 0 Å². The zero-order valence-electron chi connectivity index (χ0n) is 17.2. The van der Waals surface area contributed by atoms with E-state index in [1.165, 1.54) is 17.8 Å². The van der Waals surface area contributed by atoms with Gasteiger partial charge in [-0.15, -0.1) is 16.8 Å². The van der Waals surface area contributed by atoms with E-state index in [-0.39, 0.29) is 18.1 Å². The second kappa shape index (κ2) is 10.4. The fourth-order valence-electron chi connectivity index (χ4n) is 2.91. The summed E-state index contributed by atoms with van der Waals surface area (Å²) in [5.74, 6) is 1.03. The second-order valence-corrected chi connectivity index (χ2v) is 7.68. The molecule has 0 aliphatic carbocycles. The average molecular weight is 462 g/mol. The monoisotopic (exact) mass is 462 g/mol. The number of amides is 1. The molecule has 0 atom stereocenters. The van der Waals surface area contributed by atoms with Gasteiger partial charge in [0.15, 0.2) is 5.16 Å². The number of thioether (sulfide) groups is 1. The first-order valence-electron chi connectivity index (χ1n) is 9.56. The molecular formula is C22H21F3N4O2S. The van der Waals surface area contributed by atoms with E-state index in [2.05, 4.69) is 22.1 Å². The van der Waals surface area contributed by atoms with Crippen LogP contribution < -0.4 is 10.1 Å². The van der Waals surface area contributed by atoms with Crippen LogP contribution in [0.25, 0.3) is 0 Å². The summed E-state index contributed by atoms with van der Waals surface area (Å²) in [6.07, 6.45) is -2.60. The summed E-state index contributed by atoms with van der Waals surface area (Å²) in [4.78, 5) is 12.3. The van der Waals surface area contributed by atoms with Gasteiger partial charge in [0.2, 0.25) is 5.91 Å². The number of rotatable bonds is 9. The average Bonchev–Trinajstić information content (AvgIpc) is 3.14. The van der Waals surface area contributed by atoms with Gasteiger partial charge in [0, 0.05) is 18.7 Å². The van der Waals surface area contributed by atoms with Crippen LogP contribution in [0.1, 0.15) is 17.0 Å². The van der Waals surface area contributed by atoms with E-state index in [9.17, 15) is 18.0 Å². The summed E-state index contributed by atoms with van der Waals surface area (Å²) in [5.41, 5.74) is 0.384. The standard InChI is InChI=1S/C22H21F3N4O2S/c1-3-11-29-19(13-15-5-4-6-16(12-15)22(23,24)25)27-28-21(29)32-14-20(30)26-17-7-9-18(31-2)10-8-17/h3-10,12H,1,11,13-14H2,2H3,(H,26,30). The number of aromatic nitrogens is 3. The predicted molar refractivity (Wildman–Crippen MR) is 117 cm³/mol. The molecule has 1 N–H and O–H groups in total. The Hall–Kier alpha value is -3.27. The number of ether oxygens (including phenoxy) is 1. The Morgan fingerprint density at radius 2 is 1.97 bits per heavy atom. The molecule has 3 rings (SSSR count). The van der Waals surface area contributed by atoms with Gasteiger partial charge >= 0.3 is 6.18 Å². The number of alkyl halides is 3. The lowest BCUT2D eigenvalue weighted by Gasteiger charge is -2.10. The Morgan fingerprint density at radius 3 is 2.62 bits per heavy atom. The number of anilines is 1. The van der Waals surface area contributed by atoms with Gasteiger partial charge in [-0.3, -0.25) is 4.79 Å². The molecule has 2 aromatic carbocycles. The van der Waals surface area contributed by atoms with Gasteiger partial charge in [0.05, 0.1) is 18.4 Å². The van der Waals surface area contributed by atoms with Crippen LogP contribution in [0, 0.1) is 0 Å². The van der Waals surface area contributed by atoms with Gasteiger partial charge in [-0.05, 0) is 35.9 Å². The molecule has 1 heterocycles. The Labute approximate surface area is 187 Å². The van der Waals surface area contributed by atoms with Crippen molar-refractivity contribution in [2.45, 2.75) is 24.3 Å². The Balaban J connectivity index is 1.67. The number of methoxy groups -OCH3 is 1. The number of carbonyl (C=O) groups is 1. The molecule has 0 fully saturated rings. The first-order valence-corrected chi connectivity index (χ1v) is 10.5. The lowest BCUT2D eigenvalue weighted by atomic mass is 10.1. The predicted octanol–water partition coefficient (Wildman–Crippen LogP) is 4.81. The largest absolute Gasteiger partial charge is 0.497 e. The zero-order valence-corrected chi connectivity index (χ0v) is 18.0. The van der Waals surface area contributed by atoms with E-state index in [0.29, 0.717) is 34.5 Å². The molecule has 0 aliphatic rings. The molecule has 168 valence electrons. The van der Waals surface area contributed by atoms with Crippen molar-refractivity contribution < 1.29 is 22.7 Å². The summed E-state index contributed by atoms with van der Waals surface area (Å²) in [5, 5.41) is 11.5. The van der Waals surface area contributed by atoms with Crippen LogP contribution in [0.2, 0.25) is 0 Å². The number of allylic oxidation sites excluding steroid dienone is 1. The number of hydrogen-bond donors (Lipinski definition) is 1. The van der Waals surface area contributed by atoms with Crippen molar-refractivity contribution in [1.29, 1.82) is 0 Å². The molecule has 32 heavy (non-hydrogen) atoms. The van der Waals surface area contributed by atoms with Gasteiger partial charge in [-0.2, -0.15) is 13.2 Å². The maximum atomic E-state index is 13.0. The number of halogens is 3. The number of hydrogen-bond acceptors (Lipinski definition) is 5. The van der Waals surface area contributed by atoms with E-state index in [4.69, 9.17) is 4.74 Å².